The van der Waals surface area contributed by atoms with Crippen LogP contribution in [0, 0.1) is 0 Å². The maximum atomic E-state index is 12.8. The highest BCUT2D eigenvalue weighted by Gasteiger charge is 2.36. The average Bonchev–Trinajstić information content (AvgIpc) is 2.77. The lowest BCUT2D eigenvalue weighted by atomic mass is 9.96. The van der Waals surface area contributed by atoms with Crippen molar-refractivity contribution >= 4 is 5.78 Å². The average molecular weight is 477 g/mol. The molecule has 6 atom stereocenters. The number of ether oxygens (including phenoxy) is 7. The summed E-state index contributed by atoms with van der Waals surface area (Å²) in [5.74, 6) is -0.195. The number of ketones is 1. The molecule has 33 heavy (non-hydrogen) atoms. The number of hydrogen-bond donors (Lipinski definition) is 0. The molecule has 0 radical (unpaired) electrons. The predicted molar refractivity (Wildman–Crippen MR) is 129 cm³/mol. The van der Waals surface area contributed by atoms with E-state index in [0.29, 0.717) is 38.6 Å². The zero-order chi connectivity index (χ0) is 25.4. The van der Waals surface area contributed by atoms with Crippen LogP contribution in [-0.4, -0.2) is 95.3 Å². The van der Waals surface area contributed by atoms with Crippen LogP contribution in [-0.2, 0) is 38.0 Å². The maximum absolute atomic E-state index is 12.8. The molecule has 0 rings (SSSR count). The quantitative estimate of drug-likeness (QED) is 0.233. The van der Waals surface area contributed by atoms with Gasteiger partial charge in [-0.1, -0.05) is 6.58 Å². The molecule has 0 amide bonds. The van der Waals surface area contributed by atoms with Crippen molar-refractivity contribution in [3.63, 3.8) is 0 Å². The van der Waals surface area contributed by atoms with E-state index >= 15 is 0 Å². The molecular weight excluding hydrogens is 428 g/mol. The summed E-state index contributed by atoms with van der Waals surface area (Å²) in [5, 5.41) is 0. The zero-order valence-electron chi connectivity index (χ0n) is 22.3. The van der Waals surface area contributed by atoms with Crippen LogP contribution in [0.3, 0.4) is 0 Å². The fraction of sp³-hybridized carbons (Fsp3) is 0.880. The van der Waals surface area contributed by atoms with Gasteiger partial charge in [0.25, 0.3) is 0 Å². The molecule has 8 heteroatoms. The van der Waals surface area contributed by atoms with Crippen molar-refractivity contribution in [2.75, 3.05) is 53.4 Å². The summed E-state index contributed by atoms with van der Waals surface area (Å²) < 4.78 is 39.7. The molecule has 0 aliphatic rings. The van der Waals surface area contributed by atoms with Crippen molar-refractivity contribution in [3.05, 3.63) is 12.2 Å². The highest BCUT2D eigenvalue weighted by Crippen LogP contribution is 2.19. The summed E-state index contributed by atoms with van der Waals surface area (Å²) in [5.41, 5.74) is -0.743. The smallest absolute Gasteiger partial charge is 0.191 e. The van der Waals surface area contributed by atoms with E-state index < -0.39 is 5.60 Å². The van der Waals surface area contributed by atoms with Gasteiger partial charge in [0.05, 0.1) is 70.2 Å². The Hall–Kier alpha value is -0.870. The molecule has 0 aromatic rings. The number of carbonyl (C=O) groups excluding carboxylic acids is 1. The third-order valence-electron chi connectivity index (χ3n) is 4.85. The first-order valence-electron chi connectivity index (χ1n) is 11.9. The van der Waals surface area contributed by atoms with Crippen molar-refractivity contribution in [1.29, 1.82) is 0 Å². The first kappa shape index (κ1) is 32.1. The Labute approximate surface area is 201 Å². The van der Waals surface area contributed by atoms with Crippen LogP contribution in [0.15, 0.2) is 12.2 Å². The zero-order valence-corrected chi connectivity index (χ0v) is 22.3. The molecule has 1 unspecified atom stereocenters. The van der Waals surface area contributed by atoms with E-state index in [2.05, 4.69) is 6.58 Å². The molecule has 8 nitrogen and oxygen atoms in total. The Bertz CT molecular complexity index is 540. The van der Waals surface area contributed by atoms with Gasteiger partial charge < -0.3 is 33.2 Å². The Balaban J connectivity index is 4.60. The first-order chi connectivity index (χ1) is 15.4. The molecule has 0 aliphatic heterocycles. The largest absolute Gasteiger partial charge is 0.382 e. The van der Waals surface area contributed by atoms with E-state index in [1.807, 2.05) is 41.5 Å². The first-order valence-corrected chi connectivity index (χ1v) is 11.9. The van der Waals surface area contributed by atoms with Crippen molar-refractivity contribution in [2.45, 2.75) is 91.5 Å². The van der Waals surface area contributed by atoms with Crippen LogP contribution in [0.25, 0.3) is 0 Å². The third-order valence-corrected chi connectivity index (χ3v) is 4.85. The lowest BCUT2D eigenvalue weighted by Gasteiger charge is -2.31. The fourth-order valence-corrected chi connectivity index (χ4v) is 2.89. The highest BCUT2D eigenvalue weighted by molar-refractivity contribution is 6.00. The Morgan fingerprint density at radius 3 is 1.64 bits per heavy atom. The second-order valence-corrected chi connectivity index (χ2v) is 8.93. The molecule has 0 spiro atoms. The summed E-state index contributed by atoms with van der Waals surface area (Å²) in [6.07, 6.45) is -0.514. The SMILES string of the molecule is C=C(C)C(=O)[C@](C)(CO[C@@H](C)CO[C@H](C)CO[C@H](C)COC)OCC(C)OC[C@@H](C)OCC. The van der Waals surface area contributed by atoms with Crippen LogP contribution in [0.2, 0.25) is 0 Å². The minimum absolute atomic E-state index is 0.000972. The van der Waals surface area contributed by atoms with E-state index in [-0.39, 0.29) is 49.5 Å². The van der Waals surface area contributed by atoms with Crippen LogP contribution in [0.4, 0.5) is 0 Å². The van der Waals surface area contributed by atoms with Crippen molar-refractivity contribution in [1.82, 2.24) is 0 Å². The molecule has 196 valence electrons. The highest BCUT2D eigenvalue weighted by atomic mass is 16.6. The fourth-order valence-electron chi connectivity index (χ4n) is 2.89. The van der Waals surface area contributed by atoms with Gasteiger partial charge in [0.1, 0.15) is 0 Å². The molecule has 0 aromatic carbocycles. The summed E-state index contributed by atoms with van der Waals surface area (Å²) >= 11 is 0. The van der Waals surface area contributed by atoms with Gasteiger partial charge in [0.15, 0.2) is 11.4 Å². The lowest BCUT2D eigenvalue weighted by molar-refractivity contribution is -0.162. The normalized spacial score (nSPS) is 18.2. The maximum Gasteiger partial charge on any atom is 0.191 e. The van der Waals surface area contributed by atoms with Crippen LogP contribution in [0.1, 0.15) is 55.4 Å². The molecule has 0 bridgehead atoms. The second kappa shape index (κ2) is 17.5. The van der Waals surface area contributed by atoms with Crippen molar-refractivity contribution in [2.24, 2.45) is 0 Å². The van der Waals surface area contributed by atoms with E-state index in [1.165, 1.54) is 0 Å². The number of carbonyl (C=O) groups is 1. The number of Topliss-reactive ketones (excluding diaryl/α,β-unsaturated/α-hetero) is 1. The van der Waals surface area contributed by atoms with Gasteiger partial charge in [-0.2, -0.15) is 0 Å². The van der Waals surface area contributed by atoms with Gasteiger partial charge in [0.2, 0.25) is 0 Å². The molecule has 0 saturated heterocycles. The standard InChI is InChI=1S/C25H48O8/c1-11-28-20(5)13-31-23(8)16-33-25(9,24(26)18(2)3)17-32-22(7)15-30-21(6)14-29-19(4)12-27-10/h19-23H,2,11-17H2,1,3-10H3/t19-,20-,21-,22+,23?,25+/m1/s1. The molecule has 0 N–H and O–H groups in total. The van der Waals surface area contributed by atoms with Crippen LogP contribution >= 0.6 is 0 Å². The van der Waals surface area contributed by atoms with E-state index in [1.54, 1.807) is 21.0 Å². The monoisotopic (exact) mass is 476 g/mol. The summed E-state index contributed by atoms with van der Waals surface area (Å²) in [7, 11) is 1.64. The minimum atomic E-state index is -1.16. The predicted octanol–water partition coefficient (Wildman–Crippen LogP) is 3.60. The second-order valence-electron chi connectivity index (χ2n) is 8.93. The minimum Gasteiger partial charge on any atom is -0.382 e. The van der Waals surface area contributed by atoms with Gasteiger partial charge in [-0.05, 0) is 61.0 Å². The van der Waals surface area contributed by atoms with Gasteiger partial charge >= 0.3 is 0 Å². The Morgan fingerprint density at radius 2 is 1.18 bits per heavy atom. The van der Waals surface area contributed by atoms with Crippen molar-refractivity contribution < 1.29 is 38.0 Å². The topological polar surface area (TPSA) is 81.7 Å². The summed E-state index contributed by atoms with van der Waals surface area (Å²) in [6, 6.07) is 0. The number of hydrogen-bond acceptors (Lipinski definition) is 8. The van der Waals surface area contributed by atoms with Gasteiger partial charge in [-0.15, -0.1) is 0 Å². The number of rotatable bonds is 21. The van der Waals surface area contributed by atoms with Gasteiger partial charge in [0, 0.05) is 13.7 Å². The summed E-state index contributed by atoms with van der Waals surface area (Å²) in [4.78, 5) is 12.8. The molecule has 0 aliphatic carbocycles. The number of methoxy groups -OCH3 is 1. The Morgan fingerprint density at radius 1 is 0.758 bits per heavy atom. The van der Waals surface area contributed by atoms with E-state index in [0.717, 1.165) is 0 Å². The Kier molecular flexibility index (Phi) is 17.1. The lowest BCUT2D eigenvalue weighted by Crippen LogP contribution is -2.46. The third kappa shape index (κ3) is 14.9. The van der Waals surface area contributed by atoms with Gasteiger partial charge in [-0.3, -0.25) is 4.79 Å². The van der Waals surface area contributed by atoms with Crippen LogP contribution in [0.5, 0.6) is 0 Å². The molecule has 0 saturated carbocycles. The van der Waals surface area contributed by atoms with Crippen LogP contribution < -0.4 is 0 Å². The van der Waals surface area contributed by atoms with E-state index in [9.17, 15) is 4.79 Å². The molecule has 0 aromatic heterocycles. The molecule has 0 fully saturated rings. The van der Waals surface area contributed by atoms with Crippen molar-refractivity contribution in [3.8, 4) is 0 Å². The summed E-state index contributed by atoms with van der Waals surface area (Å²) in [6.45, 7) is 21.6. The van der Waals surface area contributed by atoms with Gasteiger partial charge in [-0.25, -0.2) is 0 Å². The molecule has 0 heterocycles. The van der Waals surface area contributed by atoms with E-state index in [4.69, 9.17) is 33.2 Å². The molecular formula is C25H48O8.